The van der Waals surface area contributed by atoms with Gasteiger partial charge in [0.15, 0.2) is 0 Å². The molecule has 47 heavy (non-hydrogen) atoms. The number of hydrogen-bond acceptors (Lipinski definition) is 8. The lowest BCUT2D eigenvalue weighted by Crippen LogP contribution is -2.49. The highest BCUT2D eigenvalue weighted by Gasteiger charge is 2.44. The molecule has 2 atom stereocenters. The standard InChI is InChI=1S/C31H29F7N4O5/c1-16-27(18-9-19(30(33,34)35)11-20(10-18)31(36,37)38)47-29(44)42(16)15-24-23(12-39-28(40-24)41-13-21(32)14-41)22-8-17(4-6-25(22)45-2)5-7-26(43)46-3/h4,6,8-12,16,21,27H,5,7,13-15H2,1-3H3/t16-,27-/m0/s1. The third kappa shape index (κ3) is 7.20. The predicted molar refractivity (Wildman–Crippen MR) is 152 cm³/mol. The van der Waals surface area contributed by atoms with Gasteiger partial charge in [0.25, 0.3) is 0 Å². The topological polar surface area (TPSA) is 94.1 Å². The highest BCUT2D eigenvalue weighted by molar-refractivity contribution is 5.75. The van der Waals surface area contributed by atoms with E-state index in [0.717, 1.165) is 10.5 Å². The number of hydrogen-bond donors (Lipinski definition) is 0. The Hall–Kier alpha value is -4.63. The summed E-state index contributed by atoms with van der Waals surface area (Å²) in [7, 11) is 2.70. The molecule has 2 aliphatic rings. The number of esters is 1. The summed E-state index contributed by atoms with van der Waals surface area (Å²) in [4.78, 5) is 36.6. The first-order valence-corrected chi connectivity index (χ1v) is 14.3. The summed E-state index contributed by atoms with van der Waals surface area (Å²) in [6.07, 6.45) is -11.9. The second kappa shape index (κ2) is 12.9. The van der Waals surface area contributed by atoms with E-state index in [0.29, 0.717) is 35.4 Å². The van der Waals surface area contributed by atoms with E-state index in [1.807, 2.05) is 0 Å². The zero-order valence-corrected chi connectivity index (χ0v) is 25.3. The van der Waals surface area contributed by atoms with Crippen LogP contribution in [0.1, 0.15) is 47.4 Å². The van der Waals surface area contributed by atoms with Gasteiger partial charge in [-0.2, -0.15) is 26.3 Å². The molecule has 16 heteroatoms. The molecule has 0 radical (unpaired) electrons. The van der Waals surface area contributed by atoms with E-state index in [1.165, 1.54) is 27.3 Å². The zero-order chi connectivity index (χ0) is 34.3. The van der Waals surface area contributed by atoms with Crippen LogP contribution in [0.5, 0.6) is 5.75 Å². The maximum absolute atomic E-state index is 13.7. The lowest BCUT2D eigenvalue weighted by atomic mass is 9.97. The number of anilines is 1. The molecule has 252 valence electrons. The third-order valence-corrected chi connectivity index (χ3v) is 8.03. The fraction of sp³-hybridized carbons (Fsp3) is 0.419. The fourth-order valence-electron chi connectivity index (χ4n) is 5.43. The number of amides is 1. The Labute approximate surface area is 264 Å². The summed E-state index contributed by atoms with van der Waals surface area (Å²) < 4.78 is 111. The Kier molecular flexibility index (Phi) is 9.24. The van der Waals surface area contributed by atoms with Gasteiger partial charge in [-0.25, -0.2) is 19.2 Å². The quantitative estimate of drug-likeness (QED) is 0.187. The minimum absolute atomic E-state index is 0.00184. The van der Waals surface area contributed by atoms with Crippen LogP contribution in [0.25, 0.3) is 11.1 Å². The highest BCUT2D eigenvalue weighted by atomic mass is 19.4. The zero-order valence-electron chi connectivity index (χ0n) is 25.3. The number of aryl methyl sites for hydroxylation is 1. The molecule has 2 saturated heterocycles. The van der Waals surface area contributed by atoms with Gasteiger partial charge >= 0.3 is 24.4 Å². The summed E-state index contributed by atoms with van der Waals surface area (Å²) in [5.74, 6) is 0.120. The average molecular weight is 671 g/mol. The molecule has 3 heterocycles. The van der Waals surface area contributed by atoms with Gasteiger partial charge in [-0.3, -0.25) is 9.69 Å². The molecular formula is C31H29F7N4O5. The van der Waals surface area contributed by atoms with Gasteiger partial charge in [-0.15, -0.1) is 0 Å². The Morgan fingerprint density at radius 2 is 1.66 bits per heavy atom. The first-order valence-electron chi connectivity index (χ1n) is 14.3. The van der Waals surface area contributed by atoms with Gasteiger partial charge < -0.3 is 19.1 Å². The molecule has 0 saturated carbocycles. The van der Waals surface area contributed by atoms with Gasteiger partial charge in [-0.05, 0) is 54.8 Å². The van der Waals surface area contributed by atoms with Crippen LogP contribution in [0.3, 0.4) is 0 Å². The third-order valence-electron chi connectivity index (χ3n) is 8.03. The van der Waals surface area contributed by atoms with E-state index < -0.39 is 59.4 Å². The average Bonchev–Trinajstić information content (AvgIpc) is 3.29. The van der Waals surface area contributed by atoms with E-state index in [1.54, 1.807) is 23.1 Å². The van der Waals surface area contributed by atoms with Crippen molar-refractivity contribution in [2.24, 2.45) is 0 Å². The van der Waals surface area contributed by atoms with Crippen LogP contribution in [-0.4, -0.2) is 66.5 Å². The van der Waals surface area contributed by atoms with Crippen LogP contribution < -0.4 is 9.64 Å². The Morgan fingerprint density at radius 1 is 1.00 bits per heavy atom. The molecule has 2 fully saturated rings. The van der Waals surface area contributed by atoms with Crippen LogP contribution in [0.2, 0.25) is 0 Å². The summed E-state index contributed by atoms with van der Waals surface area (Å²) in [5.41, 5.74) is -1.74. The minimum Gasteiger partial charge on any atom is -0.496 e. The van der Waals surface area contributed by atoms with E-state index in [4.69, 9.17) is 14.2 Å². The van der Waals surface area contributed by atoms with Crippen LogP contribution in [-0.2, 0) is 39.6 Å². The number of ether oxygens (including phenoxy) is 3. The van der Waals surface area contributed by atoms with Crippen molar-refractivity contribution in [2.75, 3.05) is 32.2 Å². The molecule has 0 N–H and O–H groups in total. The Bertz CT molecular complexity index is 1630. The van der Waals surface area contributed by atoms with Crippen molar-refractivity contribution >= 4 is 18.0 Å². The van der Waals surface area contributed by atoms with Gasteiger partial charge in [0.05, 0.1) is 56.7 Å². The maximum atomic E-state index is 13.7. The van der Waals surface area contributed by atoms with Gasteiger partial charge in [-0.1, -0.05) is 6.07 Å². The molecule has 3 aromatic rings. The second-order valence-electron chi connectivity index (χ2n) is 11.2. The first kappa shape index (κ1) is 33.7. The number of benzene rings is 2. The molecule has 2 aliphatic heterocycles. The van der Waals surface area contributed by atoms with Crippen molar-refractivity contribution in [3.8, 4) is 16.9 Å². The molecule has 2 aromatic carbocycles. The lowest BCUT2D eigenvalue weighted by Gasteiger charge is -2.34. The number of cyclic esters (lactones) is 1. The van der Waals surface area contributed by atoms with Gasteiger partial charge in [0.1, 0.15) is 18.0 Å². The number of halogens is 7. The normalized spacial score (nSPS) is 18.6. The van der Waals surface area contributed by atoms with E-state index in [-0.39, 0.29) is 43.8 Å². The molecule has 5 rings (SSSR count). The van der Waals surface area contributed by atoms with Crippen molar-refractivity contribution in [2.45, 2.75) is 57.0 Å². The van der Waals surface area contributed by atoms with Crippen molar-refractivity contribution in [3.05, 3.63) is 70.5 Å². The largest absolute Gasteiger partial charge is 0.496 e. The summed E-state index contributed by atoms with van der Waals surface area (Å²) in [6, 6.07) is 5.18. The molecular weight excluding hydrogens is 641 g/mol. The number of carbonyl (C=O) groups is 2. The van der Waals surface area contributed by atoms with Crippen LogP contribution in [0, 0.1) is 0 Å². The first-order chi connectivity index (χ1) is 22.1. The number of rotatable bonds is 9. The number of methoxy groups -OCH3 is 2. The number of aromatic nitrogens is 2. The molecule has 0 unspecified atom stereocenters. The number of alkyl halides is 7. The smallest absolute Gasteiger partial charge is 0.416 e. The Morgan fingerprint density at radius 3 is 2.23 bits per heavy atom. The summed E-state index contributed by atoms with van der Waals surface area (Å²) in [6.45, 7) is 1.20. The molecule has 0 bridgehead atoms. The Balaban J connectivity index is 1.53. The summed E-state index contributed by atoms with van der Waals surface area (Å²) in [5, 5.41) is 0. The molecule has 1 amide bonds. The van der Waals surface area contributed by atoms with E-state index in [2.05, 4.69) is 9.97 Å². The van der Waals surface area contributed by atoms with Crippen molar-refractivity contribution in [1.82, 2.24) is 14.9 Å². The number of carbonyl (C=O) groups excluding carboxylic acids is 2. The number of nitrogens with zero attached hydrogens (tertiary/aromatic N) is 4. The van der Waals surface area contributed by atoms with Gasteiger partial charge in [0, 0.05) is 23.7 Å². The summed E-state index contributed by atoms with van der Waals surface area (Å²) >= 11 is 0. The van der Waals surface area contributed by atoms with E-state index in [9.17, 15) is 40.3 Å². The van der Waals surface area contributed by atoms with Crippen molar-refractivity contribution < 1.29 is 54.5 Å². The van der Waals surface area contributed by atoms with Crippen molar-refractivity contribution in [3.63, 3.8) is 0 Å². The predicted octanol–water partition coefficient (Wildman–Crippen LogP) is 6.54. The maximum Gasteiger partial charge on any atom is 0.416 e. The van der Waals surface area contributed by atoms with E-state index >= 15 is 0 Å². The van der Waals surface area contributed by atoms with Crippen LogP contribution in [0.4, 0.5) is 41.5 Å². The molecule has 0 spiro atoms. The highest BCUT2D eigenvalue weighted by Crippen LogP contribution is 2.42. The molecule has 0 aliphatic carbocycles. The second-order valence-corrected chi connectivity index (χ2v) is 11.2. The molecule has 1 aromatic heterocycles. The fourth-order valence-corrected chi connectivity index (χ4v) is 5.43. The van der Waals surface area contributed by atoms with Crippen LogP contribution >= 0.6 is 0 Å². The SMILES string of the molecule is COC(=O)CCc1ccc(OC)c(-c2cnc(N3CC(F)C3)nc2CN2C(=O)O[C@H](c3cc(C(F)(F)F)cc(C(F)(F)F)c3)[C@@H]2C)c1. The lowest BCUT2D eigenvalue weighted by molar-refractivity contribution is -0.143. The van der Waals surface area contributed by atoms with Crippen molar-refractivity contribution in [1.29, 1.82) is 0 Å². The van der Waals surface area contributed by atoms with Gasteiger partial charge in [0.2, 0.25) is 5.95 Å². The van der Waals surface area contributed by atoms with Crippen LogP contribution in [0.15, 0.2) is 42.6 Å². The minimum atomic E-state index is -5.09. The molecule has 9 nitrogen and oxygen atoms in total. The monoisotopic (exact) mass is 670 g/mol.